The molecule has 0 amide bonds. The molecule has 8 heteroatoms. The van der Waals surface area contributed by atoms with Crippen LogP contribution in [0.5, 0.6) is 5.75 Å². The van der Waals surface area contributed by atoms with E-state index in [4.69, 9.17) is 4.74 Å². The Hall–Kier alpha value is -3.42. The average Bonchev–Trinajstić information content (AvgIpc) is 3.05. The van der Waals surface area contributed by atoms with Gasteiger partial charge in [-0.1, -0.05) is 37.3 Å². The van der Waals surface area contributed by atoms with Gasteiger partial charge < -0.3 is 9.84 Å². The van der Waals surface area contributed by atoms with Gasteiger partial charge in [0.05, 0.1) is 0 Å². The zero-order valence-corrected chi connectivity index (χ0v) is 17.3. The molecule has 1 N–H and O–H groups in total. The van der Waals surface area contributed by atoms with Crippen molar-refractivity contribution in [3.05, 3.63) is 75.7 Å². The number of carboxylic acid groups (broad SMARTS) is 1. The van der Waals surface area contributed by atoms with Gasteiger partial charge in [0.1, 0.15) is 34.7 Å². The summed E-state index contributed by atoms with van der Waals surface area (Å²) in [4.78, 5) is 24.5. The van der Waals surface area contributed by atoms with E-state index in [9.17, 15) is 19.1 Å². The lowest BCUT2D eigenvalue weighted by atomic mass is 10.1. The number of halogens is 1. The van der Waals surface area contributed by atoms with E-state index in [2.05, 4.69) is 5.10 Å². The fraction of sp³-hybridized carbons (Fsp3) is 0.318. The Labute approximate surface area is 173 Å². The van der Waals surface area contributed by atoms with Crippen LogP contribution in [-0.2, 0) is 6.42 Å². The van der Waals surface area contributed by atoms with Gasteiger partial charge in [-0.15, -0.1) is 5.10 Å². The Bertz CT molecular complexity index is 1120. The number of benzene rings is 2. The number of nitrogens with zero attached hydrogens (tertiary/aromatic N) is 3. The Morgan fingerprint density at radius 3 is 2.40 bits per heavy atom. The van der Waals surface area contributed by atoms with Crippen molar-refractivity contribution in [2.45, 2.75) is 46.3 Å². The lowest BCUT2D eigenvalue weighted by molar-refractivity contribution is 0.0689. The second-order valence-corrected chi connectivity index (χ2v) is 7.20. The molecule has 30 heavy (non-hydrogen) atoms. The minimum absolute atomic E-state index is 0.0423. The number of aryl methyl sites for hydroxylation is 1. The third-order valence-corrected chi connectivity index (χ3v) is 4.79. The Morgan fingerprint density at radius 1 is 1.20 bits per heavy atom. The summed E-state index contributed by atoms with van der Waals surface area (Å²) in [6.07, 6.45) is 0.00247. The summed E-state index contributed by atoms with van der Waals surface area (Å²) in [6, 6.07) is 11.2. The van der Waals surface area contributed by atoms with Crippen molar-refractivity contribution in [2.24, 2.45) is 0 Å². The van der Waals surface area contributed by atoms with Gasteiger partial charge >= 0.3 is 11.7 Å². The first kappa shape index (κ1) is 21.3. The third kappa shape index (κ3) is 3.98. The zero-order valence-electron chi connectivity index (χ0n) is 17.3. The van der Waals surface area contributed by atoms with Gasteiger partial charge in [0, 0.05) is 18.5 Å². The molecule has 0 bridgehead atoms. The predicted octanol–water partition coefficient (Wildman–Crippen LogP) is 4.15. The van der Waals surface area contributed by atoms with Crippen molar-refractivity contribution in [1.82, 2.24) is 14.3 Å². The number of hydrogen-bond donors (Lipinski definition) is 1. The van der Waals surface area contributed by atoms with E-state index in [1.165, 1.54) is 10.6 Å². The van der Waals surface area contributed by atoms with Crippen LogP contribution in [0, 0.1) is 5.82 Å². The van der Waals surface area contributed by atoms with E-state index >= 15 is 0 Å². The minimum Gasteiger partial charge on any atom is -0.485 e. The molecule has 158 valence electrons. The van der Waals surface area contributed by atoms with Crippen molar-refractivity contribution >= 4 is 5.97 Å². The minimum atomic E-state index is -1.33. The first-order valence-corrected chi connectivity index (χ1v) is 9.73. The van der Waals surface area contributed by atoms with Crippen LogP contribution in [0.1, 0.15) is 61.6 Å². The van der Waals surface area contributed by atoms with Crippen LogP contribution in [0.2, 0.25) is 0 Å². The van der Waals surface area contributed by atoms with E-state index in [0.717, 1.165) is 16.3 Å². The Morgan fingerprint density at radius 2 is 1.87 bits per heavy atom. The van der Waals surface area contributed by atoms with Gasteiger partial charge in [0.15, 0.2) is 0 Å². The van der Waals surface area contributed by atoms with Crippen molar-refractivity contribution in [1.29, 1.82) is 0 Å². The highest BCUT2D eigenvalue weighted by Crippen LogP contribution is 2.29. The second-order valence-electron chi connectivity index (χ2n) is 7.20. The first-order valence-electron chi connectivity index (χ1n) is 9.73. The molecule has 0 spiro atoms. The summed E-state index contributed by atoms with van der Waals surface area (Å²) < 4.78 is 23.1. The van der Waals surface area contributed by atoms with Gasteiger partial charge in [-0.2, -0.15) is 4.68 Å². The van der Waals surface area contributed by atoms with Gasteiger partial charge in [0.25, 0.3) is 0 Å². The summed E-state index contributed by atoms with van der Waals surface area (Å²) in [5.41, 5.74) is -0.152. The molecule has 7 nitrogen and oxygen atoms in total. The molecule has 0 unspecified atom stereocenters. The van der Waals surface area contributed by atoms with Crippen LogP contribution in [0.3, 0.4) is 0 Å². The van der Waals surface area contributed by atoms with E-state index < -0.39 is 23.6 Å². The number of carboxylic acids is 1. The molecule has 0 saturated carbocycles. The summed E-state index contributed by atoms with van der Waals surface area (Å²) in [5, 5.41) is 13.8. The molecule has 3 rings (SSSR count). The number of carbonyl (C=O) groups is 1. The summed E-state index contributed by atoms with van der Waals surface area (Å²) >= 11 is 0. The van der Waals surface area contributed by atoms with Crippen LogP contribution in [0.4, 0.5) is 4.39 Å². The largest absolute Gasteiger partial charge is 0.485 e. The molecule has 3 aromatic rings. The fourth-order valence-electron chi connectivity index (χ4n) is 3.29. The zero-order chi connectivity index (χ0) is 22.0. The highest BCUT2D eigenvalue weighted by Gasteiger charge is 2.23. The molecule has 1 atom stereocenters. The highest BCUT2D eigenvalue weighted by atomic mass is 19.1. The maximum absolute atomic E-state index is 14.8. The first-order chi connectivity index (χ1) is 14.2. The van der Waals surface area contributed by atoms with E-state index in [0.29, 0.717) is 12.2 Å². The van der Waals surface area contributed by atoms with E-state index in [1.54, 1.807) is 6.92 Å². The van der Waals surface area contributed by atoms with Crippen molar-refractivity contribution in [3.63, 3.8) is 0 Å². The molecule has 0 radical (unpaired) electrons. The summed E-state index contributed by atoms with van der Waals surface area (Å²) in [7, 11) is 0. The van der Waals surface area contributed by atoms with Gasteiger partial charge in [-0.05, 0) is 32.4 Å². The number of aromatic nitrogens is 3. The number of aromatic carboxylic acids is 1. The second kappa shape index (κ2) is 8.52. The maximum Gasteiger partial charge on any atom is 0.351 e. The monoisotopic (exact) mass is 413 g/mol. The van der Waals surface area contributed by atoms with E-state index in [1.807, 2.05) is 51.1 Å². The number of ether oxygens (including phenoxy) is 1. The van der Waals surface area contributed by atoms with Gasteiger partial charge in [-0.3, -0.25) is 4.57 Å². The topological polar surface area (TPSA) is 86.4 Å². The quantitative estimate of drug-likeness (QED) is 0.629. The fourth-order valence-corrected chi connectivity index (χ4v) is 3.29. The van der Waals surface area contributed by atoms with E-state index in [-0.39, 0.29) is 23.0 Å². The molecule has 0 aliphatic rings. The molecular weight excluding hydrogens is 389 g/mol. The molecule has 0 saturated heterocycles. The molecule has 0 aliphatic carbocycles. The standard InChI is InChI=1S/C22H24FN3O4/c1-5-20-24-26(22(29)25(20)13(2)3)18-12-19(16(21(27)28)11-17(18)23)30-14(4)15-9-7-6-8-10-15/h6-14H,5H2,1-4H3,(H,27,28)/t14-/m0/s1. The van der Waals surface area contributed by atoms with Crippen molar-refractivity contribution < 1.29 is 19.0 Å². The van der Waals surface area contributed by atoms with Crippen LogP contribution < -0.4 is 10.4 Å². The van der Waals surface area contributed by atoms with Crippen LogP contribution in [0.15, 0.2) is 47.3 Å². The summed E-state index contributed by atoms with van der Waals surface area (Å²) in [6.45, 7) is 7.29. The molecule has 0 fully saturated rings. The van der Waals surface area contributed by atoms with Gasteiger partial charge in [-0.25, -0.2) is 14.0 Å². The van der Waals surface area contributed by atoms with Crippen LogP contribution >= 0.6 is 0 Å². The van der Waals surface area contributed by atoms with Gasteiger partial charge in [0.2, 0.25) is 0 Å². The third-order valence-electron chi connectivity index (χ3n) is 4.79. The number of rotatable bonds is 7. The maximum atomic E-state index is 14.8. The Kier molecular flexibility index (Phi) is 6.05. The average molecular weight is 413 g/mol. The SMILES string of the molecule is CCc1nn(-c2cc(O[C@@H](C)c3ccccc3)c(C(=O)O)cc2F)c(=O)n1C(C)C. The molecule has 1 heterocycles. The normalized spacial score (nSPS) is 12.2. The highest BCUT2D eigenvalue weighted by molar-refractivity contribution is 5.91. The smallest absolute Gasteiger partial charge is 0.351 e. The van der Waals surface area contributed by atoms with Crippen molar-refractivity contribution in [3.8, 4) is 11.4 Å². The lowest BCUT2D eigenvalue weighted by Gasteiger charge is -2.18. The molecule has 1 aromatic heterocycles. The summed E-state index contributed by atoms with van der Waals surface area (Å²) in [5.74, 6) is -1.73. The van der Waals surface area contributed by atoms with Crippen LogP contribution in [-0.4, -0.2) is 25.4 Å². The van der Waals surface area contributed by atoms with Crippen LogP contribution in [0.25, 0.3) is 5.69 Å². The molecule has 0 aliphatic heterocycles. The predicted molar refractivity (Wildman–Crippen MR) is 110 cm³/mol. The molecular formula is C22H24FN3O4. The molecule has 2 aromatic carbocycles. The van der Waals surface area contributed by atoms with Crippen molar-refractivity contribution in [2.75, 3.05) is 0 Å². The Balaban J connectivity index is 2.13. The lowest BCUT2D eigenvalue weighted by Crippen LogP contribution is -2.26. The number of hydrogen-bond acceptors (Lipinski definition) is 4.